The van der Waals surface area contributed by atoms with Gasteiger partial charge >= 0.3 is 6.03 Å². The molecule has 0 bridgehead atoms. The van der Waals surface area contributed by atoms with E-state index in [1.807, 2.05) is 6.07 Å². The van der Waals surface area contributed by atoms with Crippen LogP contribution in [-0.2, 0) is 16.0 Å². The number of hydrogen-bond donors (Lipinski definition) is 2. The van der Waals surface area contributed by atoms with Crippen LogP contribution in [0.1, 0.15) is 12.5 Å². The lowest BCUT2D eigenvalue weighted by Crippen LogP contribution is -2.56. The number of carbonyl (C=O) groups excluding carboxylic acids is 3. The summed E-state index contributed by atoms with van der Waals surface area (Å²) in [5.41, 5.74) is 1.17. The van der Waals surface area contributed by atoms with Gasteiger partial charge in [-0.2, -0.15) is 0 Å². The van der Waals surface area contributed by atoms with E-state index in [9.17, 15) is 18.8 Å². The molecule has 4 amide bonds. The third kappa shape index (κ3) is 6.37. The number of rotatable bonds is 7. The van der Waals surface area contributed by atoms with Gasteiger partial charge < -0.3 is 29.9 Å². The third-order valence-corrected chi connectivity index (χ3v) is 5.52. The maximum absolute atomic E-state index is 13.4. The zero-order valence-electron chi connectivity index (χ0n) is 19.5. The molecule has 0 unspecified atom stereocenters. The minimum Gasteiger partial charge on any atom is -0.493 e. The van der Waals surface area contributed by atoms with E-state index in [2.05, 4.69) is 10.6 Å². The lowest BCUT2D eigenvalue weighted by molar-refractivity contribution is -0.137. The first-order valence-corrected chi connectivity index (χ1v) is 10.9. The van der Waals surface area contributed by atoms with Crippen molar-refractivity contribution in [2.24, 2.45) is 0 Å². The number of ether oxygens (including phenoxy) is 2. The van der Waals surface area contributed by atoms with Gasteiger partial charge in [-0.25, -0.2) is 9.18 Å². The Balaban J connectivity index is 1.62. The summed E-state index contributed by atoms with van der Waals surface area (Å²) in [6, 6.07) is 9.88. The number of urea groups is 1. The number of amides is 4. The van der Waals surface area contributed by atoms with E-state index in [0.29, 0.717) is 43.4 Å². The van der Waals surface area contributed by atoms with Gasteiger partial charge in [0.25, 0.3) is 0 Å². The number of methoxy groups -OCH3 is 2. The highest BCUT2D eigenvalue weighted by atomic mass is 19.1. The smallest absolute Gasteiger partial charge is 0.321 e. The molecule has 1 heterocycles. The fourth-order valence-corrected chi connectivity index (χ4v) is 3.81. The van der Waals surface area contributed by atoms with Crippen molar-refractivity contribution in [1.29, 1.82) is 0 Å². The Labute approximate surface area is 197 Å². The van der Waals surface area contributed by atoms with Gasteiger partial charge in [-0.1, -0.05) is 12.1 Å². The molecule has 2 N–H and O–H groups in total. The third-order valence-electron chi connectivity index (χ3n) is 5.52. The zero-order valence-corrected chi connectivity index (χ0v) is 19.5. The molecule has 1 atom stereocenters. The van der Waals surface area contributed by atoms with Crippen LogP contribution in [0.15, 0.2) is 42.5 Å². The first-order valence-electron chi connectivity index (χ1n) is 10.9. The van der Waals surface area contributed by atoms with Crippen molar-refractivity contribution >= 4 is 23.5 Å². The molecule has 1 fully saturated rings. The van der Waals surface area contributed by atoms with E-state index in [1.165, 1.54) is 32.2 Å². The fraction of sp³-hybridized carbons (Fsp3) is 0.375. The van der Waals surface area contributed by atoms with Crippen LogP contribution in [0.25, 0.3) is 0 Å². The van der Waals surface area contributed by atoms with Crippen LogP contribution in [0.2, 0.25) is 0 Å². The predicted octanol–water partition coefficient (Wildman–Crippen LogP) is 2.27. The van der Waals surface area contributed by atoms with Crippen LogP contribution in [0.3, 0.4) is 0 Å². The van der Waals surface area contributed by atoms with Crippen molar-refractivity contribution < 1.29 is 28.2 Å². The molecule has 0 aromatic heterocycles. The molecule has 34 heavy (non-hydrogen) atoms. The average Bonchev–Trinajstić information content (AvgIpc) is 2.83. The summed E-state index contributed by atoms with van der Waals surface area (Å²) in [5.74, 6) is 0.127. The summed E-state index contributed by atoms with van der Waals surface area (Å²) < 4.78 is 23.9. The molecule has 2 aromatic carbocycles. The zero-order chi connectivity index (χ0) is 24.7. The summed E-state index contributed by atoms with van der Waals surface area (Å²) in [4.78, 5) is 40.7. The molecular formula is C24H29FN4O5. The molecule has 1 aliphatic rings. The van der Waals surface area contributed by atoms with Crippen LogP contribution < -0.4 is 20.1 Å². The number of piperazine rings is 1. The van der Waals surface area contributed by atoms with E-state index in [0.717, 1.165) is 5.56 Å². The molecule has 9 nitrogen and oxygen atoms in total. The monoisotopic (exact) mass is 472 g/mol. The Kier molecular flexibility index (Phi) is 8.29. The maximum atomic E-state index is 13.4. The molecule has 182 valence electrons. The van der Waals surface area contributed by atoms with E-state index in [4.69, 9.17) is 9.47 Å². The summed E-state index contributed by atoms with van der Waals surface area (Å²) >= 11 is 0. The molecule has 10 heteroatoms. The fourth-order valence-electron chi connectivity index (χ4n) is 3.81. The van der Waals surface area contributed by atoms with E-state index >= 15 is 0 Å². The Hall–Kier alpha value is -3.82. The predicted molar refractivity (Wildman–Crippen MR) is 124 cm³/mol. The maximum Gasteiger partial charge on any atom is 0.321 e. The molecule has 2 aromatic rings. The van der Waals surface area contributed by atoms with Crippen molar-refractivity contribution in [2.45, 2.75) is 19.4 Å². The molecule has 0 spiro atoms. The van der Waals surface area contributed by atoms with Crippen molar-refractivity contribution in [1.82, 2.24) is 15.1 Å². The van der Waals surface area contributed by atoms with Crippen LogP contribution in [-0.4, -0.2) is 74.1 Å². The average molecular weight is 473 g/mol. The molecular weight excluding hydrogens is 443 g/mol. The standard InChI is InChI=1S/C24H29FN4O5/c1-16(30)26-20(13-17-7-8-21(33-2)22(14-17)34-3)23(31)28-9-11-29(12-10-28)24(32)27-19-6-4-5-18(25)15-19/h4-8,14-15,20H,9-13H2,1-3H3,(H,26,30)(H,27,32)/t20-/m0/s1. The quantitative estimate of drug-likeness (QED) is 0.644. The van der Waals surface area contributed by atoms with Gasteiger partial charge in [0.1, 0.15) is 11.9 Å². The van der Waals surface area contributed by atoms with Gasteiger partial charge in [0.2, 0.25) is 11.8 Å². The highest BCUT2D eigenvalue weighted by molar-refractivity contribution is 5.90. The molecule has 1 aliphatic heterocycles. The molecule has 3 rings (SSSR count). The van der Waals surface area contributed by atoms with Gasteiger partial charge in [-0.05, 0) is 35.9 Å². The van der Waals surface area contributed by atoms with E-state index < -0.39 is 11.9 Å². The van der Waals surface area contributed by atoms with Gasteiger partial charge in [0, 0.05) is 45.2 Å². The molecule has 0 aliphatic carbocycles. The van der Waals surface area contributed by atoms with Crippen molar-refractivity contribution in [2.75, 3.05) is 45.7 Å². The Morgan fingerprint density at radius 3 is 2.26 bits per heavy atom. The van der Waals surface area contributed by atoms with Gasteiger partial charge in [-0.15, -0.1) is 0 Å². The number of anilines is 1. The van der Waals surface area contributed by atoms with Crippen LogP contribution in [0.5, 0.6) is 11.5 Å². The number of benzene rings is 2. The summed E-state index contributed by atoms with van der Waals surface area (Å²) in [7, 11) is 3.07. The van der Waals surface area contributed by atoms with Gasteiger partial charge in [0.05, 0.1) is 14.2 Å². The summed E-state index contributed by atoms with van der Waals surface area (Å²) in [6.07, 6.45) is 0.277. The Morgan fingerprint density at radius 2 is 1.65 bits per heavy atom. The minimum absolute atomic E-state index is 0.227. The topological polar surface area (TPSA) is 100 Å². The largest absolute Gasteiger partial charge is 0.493 e. The Morgan fingerprint density at radius 1 is 0.971 bits per heavy atom. The number of nitrogens with zero attached hydrogens (tertiary/aromatic N) is 2. The number of hydrogen-bond acceptors (Lipinski definition) is 5. The minimum atomic E-state index is -0.761. The van der Waals surface area contributed by atoms with Crippen molar-refractivity contribution in [3.8, 4) is 11.5 Å². The van der Waals surface area contributed by atoms with Crippen molar-refractivity contribution in [3.05, 3.63) is 53.8 Å². The SMILES string of the molecule is COc1ccc(C[C@H](NC(C)=O)C(=O)N2CCN(C(=O)Nc3cccc(F)c3)CC2)cc1OC. The molecule has 1 saturated heterocycles. The normalized spacial score (nSPS) is 14.2. The van der Waals surface area contributed by atoms with E-state index in [1.54, 1.807) is 35.1 Å². The van der Waals surface area contributed by atoms with Gasteiger partial charge in [-0.3, -0.25) is 9.59 Å². The second-order valence-electron chi connectivity index (χ2n) is 7.90. The summed E-state index contributed by atoms with van der Waals surface area (Å²) in [5, 5.41) is 5.40. The first kappa shape index (κ1) is 24.8. The van der Waals surface area contributed by atoms with Gasteiger partial charge in [0.15, 0.2) is 11.5 Å². The first-order chi connectivity index (χ1) is 16.3. The van der Waals surface area contributed by atoms with Crippen molar-refractivity contribution in [3.63, 3.8) is 0 Å². The lowest BCUT2D eigenvalue weighted by Gasteiger charge is -2.36. The highest BCUT2D eigenvalue weighted by Gasteiger charge is 2.30. The molecule has 0 radical (unpaired) electrons. The Bertz CT molecular complexity index is 1040. The lowest BCUT2D eigenvalue weighted by atomic mass is 10.0. The second kappa shape index (κ2) is 11.4. The van der Waals surface area contributed by atoms with Crippen LogP contribution in [0.4, 0.5) is 14.9 Å². The second-order valence-corrected chi connectivity index (χ2v) is 7.90. The number of halogens is 1. The number of nitrogens with one attached hydrogen (secondary N) is 2. The summed E-state index contributed by atoms with van der Waals surface area (Å²) in [6.45, 7) is 2.63. The highest BCUT2D eigenvalue weighted by Crippen LogP contribution is 2.28. The van der Waals surface area contributed by atoms with E-state index in [-0.39, 0.29) is 24.3 Å². The van der Waals surface area contributed by atoms with Crippen LogP contribution >= 0.6 is 0 Å². The van der Waals surface area contributed by atoms with Crippen LogP contribution in [0, 0.1) is 5.82 Å². The molecule has 0 saturated carbocycles. The number of carbonyl (C=O) groups is 3.